The summed E-state index contributed by atoms with van der Waals surface area (Å²) in [4.78, 5) is 4.19. The molecule has 0 aliphatic heterocycles. The van der Waals surface area contributed by atoms with E-state index in [1.165, 1.54) is 18.3 Å². The molecule has 0 aliphatic rings. The number of nitrogens with zero attached hydrogens (tertiary/aromatic N) is 1. The number of sulfonamides is 1. The molecule has 0 saturated carbocycles. The maximum absolute atomic E-state index is 12.1. The number of pyridine rings is 1. The Bertz CT molecular complexity index is 541. The van der Waals surface area contributed by atoms with Gasteiger partial charge >= 0.3 is 0 Å². The molecule has 0 saturated heterocycles. The molecule has 0 aliphatic carbocycles. The number of nitrogens with one attached hydrogen (secondary N) is 1. The Morgan fingerprint density at radius 3 is 2.53 bits per heavy atom. The zero-order valence-corrected chi connectivity index (χ0v) is 12.9. The van der Waals surface area contributed by atoms with Crippen molar-refractivity contribution < 1.29 is 8.42 Å². The van der Waals surface area contributed by atoms with Crippen molar-refractivity contribution in [3.05, 3.63) is 24.0 Å². The van der Waals surface area contributed by atoms with Crippen molar-refractivity contribution in [3.8, 4) is 0 Å². The molecule has 0 fully saturated rings. The van der Waals surface area contributed by atoms with Gasteiger partial charge in [0.25, 0.3) is 0 Å². The number of hydrogen-bond acceptors (Lipinski definition) is 4. The van der Waals surface area contributed by atoms with Crippen molar-refractivity contribution in [1.82, 2.24) is 9.71 Å². The second-order valence-electron chi connectivity index (χ2n) is 4.54. The van der Waals surface area contributed by atoms with Crippen LogP contribution in [-0.4, -0.2) is 24.4 Å². The van der Waals surface area contributed by atoms with Crippen molar-refractivity contribution in [1.29, 1.82) is 0 Å². The summed E-state index contributed by atoms with van der Waals surface area (Å²) in [5.41, 5.74) is 5.82. The number of hydrogen-bond donors (Lipinski definition) is 2. The zero-order chi connectivity index (χ0) is 14.6. The van der Waals surface area contributed by atoms with Crippen LogP contribution in [0.4, 0.5) is 0 Å². The van der Waals surface area contributed by atoms with E-state index in [2.05, 4.69) is 9.71 Å². The van der Waals surface area contributed by atoms with Crippen molar-refractivity contribution in [2.75, 3.05) is 0 Å². The first kappa shape index (κ1) is 16.0. The minimum absolute atomic E-state index is 0.114. The average molecular weight is 301 g/mol. The molecule has 0 aromatic carbocycles. The van der Waals surface area contributed by atoms with Crippen LogP contribution < -0.4 is 10.5 Å². The SMILES string of the molecule is CCC(C)C(C)NS(=O)(=O)c1ccc(C(N)=S)nc1. The molecule has 2 atom stereocenters. The van der Waals surface area contributed by atoms with Gasteiger partial charge in [-0.15, -0.1) is 0 Å². The number of nitrogens with two attached hydrogens (primary N) is 1. The first-order valence-electron chi connectivity index (χ1n) is 6.06. The van der Waals surface area contributed by atoms with Gasteiger partial charge < -0.3 is 5.73 Å². The molecule has 0 amide bonds. The molecule has 1 heterocycles. The van der Waals surface area contributed by atoms with Crippen LogP contribution in [0.15, 0.2) is 23.2 Å². The largest absolute Gasteiger partial charge is 0.388 e. The van der Waals surface area contributed by atoms with Gasteiger partial charge in [0.15, 0.2) is 0 Å². The fraction of sp³-hybridized carbons (Fsp3) is 0.500. The normalized spacial score (nSPS) is 14.9. The Balaban J connectivity index is 2.91. The first-order chi connectivity index (χ1) is 8.77. The Morgan fingerprint density at radius 1 is 1.47 bits per heavy atom. The van der Waals surface area contributed by atoms with E-state index in [-0.39, 0.29) is 21.8 Å². The van der Waals surface area contributed by atoms with Crippen LogP contribution in [0.5, 0.6) is 0 Å². The van der Waals surface area contributed by atoms with E-state index >= 15 is 0 Å². The van der Waals surface area contributed by atoms with Gasteiger partial charge in [-0.2, -0.15) is 0 Å². The predicted octanol–water partition coefficient (Wildman–Crippen LogP) is 1.43. The minimum Gasteiger partial charge on any atom is -0.388 e. The molecule has 106 valence electrons. The Morgan fingerprint density at radius 2 is 2.11 bits per heavy atom. The second kappa shape index (κ2) is 6.40. The first-order valence-corrected chi connectivity index (χ1v) is 7.95. The Kier molecular flexibility index (Phi) is 5.39. The van der Waals surface area contributed by atoms with Crippen LogP contribution in [0.25, 0.3) is 0 Å². The quantitative estimate of drug-likeness (QED) is 0.776. The van der Waals surface area contributed by atoms with Gasteiger partial charge in [-0.1, -0.05) is 32.5 Å². The summed E-state index contributed by atoms with van der Waals surface area (Å²) < 4.78 is 26.9. The molecule has 5 nitrogen and oxygen atoms in total. The summed E-state index contributed by atoms with van der Waals surface area (Å²) in [6.45, 7) is 5.87. The summed E-state index contributed by atoms with van der Waals surface area (Å²) in [5.74, 6) is 0.263. The van der Waals surface area contributed by atoms with Gasteiger partial charge in [-0.05, 0) is 25.0 Å². The van der Waals surface area contributed by atoms with Crippen LogP contribution in [-0.2, 0) is 10.0 Å². The van der Waals surface area contributed by atoms with Crippen molar-refractivity contribution >= 4 is 27.2 Å². The third-order valence-corrected chi connectivity index (χ3v) is 4.89. The molecule has 7 heteroatoms. The van der Waals surface area contributed by atoms with Gasteiger partial charge in [0.2, 0.25) is 10.0 Å². The molecule has 19 heavy (non-hydrogen) atoms. The highest BCUT2D eigenvalue weighted by Crippen LogP contribution is 2.13. The lowest BCUT2D eigenvalue weighted by Crippen LogP contribution is -2.36. The lowest BCUT2D eigenvalue weighted by Gasteiger charge is -2.19. The summed E-state index contributed by atoms with van der Waals surface area (Å²) in [5, 5.41) is 0. The Labute approximate surface area is 119 Å². The van der Waals surface area contributed by atoms with Crippen molar-refractivity contribution in [2.45, 2.75) is 38.1 Å². The zero-order valence-electron chi connectivity index (χ0n) is 11.3. The maximum atomic E-state index is 12.1. The predicted molar refractivity (Wildman–Crippen MR) is 79.4 cm³/mol. The lowest BCUT2D eigenvalue weighted by molar-refractivity contribution is 0.434. The molecule has 0 bridgehead atoms. The van der Waals surface area contributed by atoms with Crippen LogP contribution in [0.3, 0.4) is 0 Å². The van der Waals surface area contributed by atoms with Crippen molar-refractivity contribution in [3.63, 3.8) is 0 Å². The van der Waals surface area contributed by atoms with Crippen molar-refractivity contribution in [2.24, 2.45) is 11.7 Å². The molecule has 3 N–H and O–H groups in total. The van der Waals surface area contributed by atoms with Crippen LogP contribution in [0.1, 0.15) is 32.9 Å². The van der Waals surface area contributed by atoms with E-state index in [4.69, 9.17) is 18.0 Å². The molecule has 1 rings (SSSR count). The Hall–Kier alpha value is -1.05. The van der Waals surface area contributed by atoms with E-state index in [1.807, 2.05) is 20.8 Å². The highest BCUT2D eigenvalue weighted by molar-refractivity contribution is 7.89. The second-order valence-corrected chi connectivity index (χ2v) is 6.69. The highest BCUT2D eigenvalue weighted by Gasteiger charge is 2.20. The third-order valence-electron chi connectivity index (χ3n) is 3.14. The standard InChI is InChI=1S/C12H19N3O2S2/c1-4-8(2)9(3)15-19(16,17)10-5-6-11(12(13)18)14-7-10/h5-9,15H,4H2,1-3H3,(H2,13,18). The summed E-state index contributed by atoms with van der Waals surface area (Å²) in [6, 6.07) is 2.82. The van der Waals surface area contributed by atoms with Crippen LogP contribution in [0.2, 0.25) is 0 Å². The maximum Gasteiger partial charge on any atom is 0.242 e. The average Bonchev–Trinajstić information content (AvgIpc) is 2.37. The molecule has 2 unspecified atom stereocenters. The molecular weight excluding hydrogens is 282 g/mol. The minimum atomic E-state index is -3.55. The molecular formula is C12H19N3O2S2. The van der Waals surface area contributed by atoms with Gasteiger partial charge in [0.05, 0.1) is 5.69 Å². The third kappa shape index (κ3) is 4.22. The van der Waals surface area contributed by atoms with E-state index in [9.17, 15) is 8.42 Å². The summed E-state index contributed by atoms with van der Waals surface area (Å²) in [7, 11) is -3.55. The van der Waals surface area contributed by atoms with E-state index in [0.29, 0.717) is 5.69 Å². The lowest BCUT2D eigenvalue weighted by atomic mass is 10.0. The summed E-state index contributed by atoms with van der Waals surface area (Å²) >= 11 is 4.77. The molecule has 1 aromatic heterocycles. The van der Waals surface area contributed by atoms with E-state index in [0.717, 1.165) is 6.42 Å². The number of thiocarbonyl (C=S) groups is 1. The number of aromatic nitrogens is 1. The van der Waals surface area contributed by atoms with E-state index in [1.54, 1.807) is 0 Å². The van der Waals surface area contributed by atoms with Crippen LogP contribution in [0, 0.1) is 5.92 Å². The smallest absolute Gasteiger partial charge is 0.242 e. The number of rotatable bonds is 6. The monoisotopic (exact) mass is 301 g/mol. The fourth-order valence-electron chi connectivity index (χ4n) is 1.47. The van der Waals surface area contributed by atoms with Gasteiger partial charge in [-0.25, -0.2) is 13.1 Å². The fourth-order valence-corrected chi connectivity index (χ4v) is 2.88. The topological polar surface area (TPSA) is 85.1 Å². The van der Waals surface area contributed by atoms with Crippen LogP contribution >= 0.6 is 12.2 Å². The van der Waals surface area contributed by atoms with Gasteiger partial charge in [0, 0.05) is 12.2 Å². The van der Waals surface area contributed by atoms with Gasteiger partial charge in [-0.3, -0.25) is 4.98 Å². The molecule has 1 aromatic rings. The van der Waals surface area contributed by atoms with Gasteiger partial charge in [0.1, 0.15) is 9.88 Å². The highest BCUT2D eigenvalue weighted by atomic mass is 32.2. The van der Waals surface area contributed by atoms with E-state index < -0.39 is 10.0 Å². The summed E-state index contributed by atoms with van der Waals surface area (Å²) in [6.07, 6.45) is 2.17. The molecule has 0 spiro atoms. The molecule has 0 radical (unpaired) electrons.